The molecule has 4 aliphatic rings. The predicted molar refractivity (Wildman–Crippen MR) is 144 cm³/mol. The van der Waals surface area contributed by atoms with Crippen molar-refractivity contribution in [2.24, 2.45) is 5.92 Å². The summed E-state index contributed by atoms with van der Waals surface area (Å²) in [5.41, 5.74) is 2.53. The quantitative estimate of drug-likeness (QED) is 0.494. The van der Waals surface area contributed by atoms with Crippen molar-refractivity contribution in [1.29, 1.82) is 0 Å². The molecule has 0 aliphatic carbocycles. The van der Waals surface area contributed by atoms with Gasteiger partial charge in [0.25, 0.3) is 5.91 Å². The molecule has 3 fully saturated rings. The number of carbonyl (C=O) groups is 3. The van der Waals surface area contributed by atoms with Crippen molar-refractivity contribution >= 4 is 35.3 Å². The summed E-state index contributed by atoms with van der Waals surface area (Å²) in [5.74, 6) is 0.457. The summed E-state index contributed by atoms with van der Waals surface area (Å²) in [5, 5.41) is 9.73. The standard InChI is InChI=1S/C27H35N5O4S/c1-5-21(33)31-12-6-7-17(14-31)29-25(34)24-23-22-20(10-11-28-26(22)37-24)32(27(35)30-23)19-9-8-18(13-16(19)4)36-15(2)3/h5,8-9,13,15,17,20,22,26,28H,1,6-7,10-12,14H2,2-4H3,(H,29,34)(H,30,35)/t17-,20?,22?,26?/m1/s1. The molecule has 3 saturated heterocycles. The smallest absolute Gasteiger partial charge is 0.326 e. The summed E-state index contributed by atoms with van der Waals surface area (Å²) in [6.45, 7) is 11.4. The van der Waals surface area contributed by atoms with Crippen LogP contribution in [0.15, 0.2) is 41.5 Å². The van der Waals surface area contributed by atoms with Gasteiger partial charge in [-0.1, -0.05) is 18.3 Å². The summed E-state index contributed by atoms with van der Waals surface area (Å²) in [6, 6.07) is 5.43. The molecule has 1 aromatic rings. The molecule has 0 aromatic heterocycles. The van der Waals surface area contributed by atoms with E-state index in [0.29, 0.717) is 23.7 Å². The largest absolute Gasteiger partial charge is 0.491 e. The first-order valence-corrected chi connectivity index (χ1v) is 13.9. The molecule has 198 valence electrons. The zero-order valence-corrected chi connectivity index (χ0v) is 22.4. The van der Waals surface area contributed by atoms with Crippen LogP contribution in [0.4, 0.5) is 10.5 Å². The summed E-state index contributed by atoms with van der Waals surface area (Å²) >= 11 is 1.49. The van der Waals surface area contributed by atoms with Crippen LogP contribution in [-0.2, 0) is 9.59 Å². The van der Waals surface area contributed by atoms with E-state index in [1.807, 2.05) is 43.9 Å². The number of thioether (sulfide) groups is 1. The molecular weight excluding hydrogens is 490 g/mol. The predicted octanol–water partition coefficient (Wildman–Crippen LogP) is 2.87. The average Bonchev–Trinajstić information content (AvgIpc) is 3.24. The Morgan fingerprint density at radius 2 is 2.11 bits per heavy atom. The number of ether oxygens (including phenoxy) is 1. The van der Waals surface area contributed by atoms with Gasteiger partial charge in [0.05, 0.1) is 22.4 Å². The number of anilines is 1. The molecule has 9 nitrogen and oxygen atoms in total. The minimum Gasteiger partial charge on any atom is -0.491 e. The third kappa shape index (κ3) is 4.96. The van der Waals surface area contributed by atoms with E-state index in [9.17, 15) is 14.4 Å². The fourth-order valence-corrected chi connectivity index (χ4v) is 7.22. The molecule has 3 N–H and O–H groups in total. The van der Waals surface area contributed by atoms with E-state index in [-0.39, 0.29) is 47.3 Å². The van der Waals surface area contributed by atoms with E-state index >= 15 is 0 Å². The van der Waals surface area contributed by atoms with Gasteiger partial charge in [-0.05, 0) is 76.4 Å². The summed E-state index contributed by atoms with van der Waals surface area (Å²) in [4.78, 5) is 43.1. The molecule has 37 heavy (non-hydrogen) atoms. The highest BCUT2D eigenvalue weighted by molar-refractivity contribution is 8.04. The van der Waals surface area contributed by atoms with Crippen LogP contribution in [0, 0.1) is 12.8 Å². The van der Waals surface area contributed by atoms with E-state index in [4.69, 9.17) is 4.74 Å². The van der Waals surface area contributed by atoms with Crippen molar-refractivity contribution in [2.75, 3.05) is 24.5 Å². The number of rotatable bonds is 6. The molecule has 0 saturated carbocycles. The second kappa shape index (κ2) is 10.4. The normalized spacial score (nSPS) is 27.1. The lowest BCUT2D eigenvalue weighted by Gasteiger charge is -2.46. The Labute approximate surface area is 222 Å². The minimum absolute atomic E-state index is 0.00616. The van der Waals surface area contributed by atoms with Crippen molar-refractivity contribution in [1.82, 2.24) is 20.9 Å². The zero-order valence-electron chi connectivity index (χ0n) is 21.6. The fraction of sp³-hybridized carbons (Fsp3) is 0.519. The molecule has 0 spiro atoms. The van der Waals surface area contributed by atoms with Crippen LogP contribution >= 0.6 is 11.8 Å². The molecule has 4 atom stereocenters. The van der Waals surface area contributed by atoms with Crippen molar-refractivity contribution in [3.63, 3.8) is 0 Å². The number of benzene rings is 1. The molecule has 0 radical (unpaired) electrons. The number of nitrogens with one attached hydrogen (secondary N) is 3. The van der Waals surface area contributed by atoms with Crippen molar-refractivity contribution in [3.8, 4) is 5.75 Å². The van der Waals surface area contributed by atoms with Gasteiger partial charge in [0, 0.05) is 36.4 Å². The van der Waals surface area contributed by atoms with Crippen LogP contribution in [0.5, 0.6) is 5.75 Å². The Morgan fingerprint density at radius 3 is 2.84 bits per heavy atom. The van der Waals surface area contributed by atoms with Crippen LogP contribution in [-0.4, -0.2) is 65.9 Å². The van der Waals surface area contributed by atoms with E-state index in [1.54, 1.807) is 4.90 Å². The topological polar surface area (TPSA) is 103 Å². The second-order valence-corrected chi connectivity index (χ2v) is 11.5. The lowest BCUT2D eigenvalue weighted by atomic mass is 9.86. The first-order valence-electron chi connectivity index (χ1n) is 13.0. The highest BCUT2D eigenvalue weighted by Crippen LogP contribution is 2.48. The maximum atomic E-state index is 13.5. The van der Waals surface area contributed by atoms with Gasteiger partial charge in [-0.3, -0.25) is 14.5 Å². The maximum absolute atomic E-state index is 13.5. The van der Waals surface area contributed by atoms with Gasteiger partial charge in [0.2, 0.25) is 5.91 Å². The first kappa shape index (κ1) is 25.7. The Balaban J connectivity index is 1.37. The molecule has 4 amide bonds. The van der Waals surface area contributed by atoms with Crippen LogP contribution in [0.25, 0.3) is 0 Å². The van der Waals surface area contributed by atoms with E-state index in [1.165, 1.54) is 17.8 Å². The number of hydrogen-bond donors (Lipinski definition) is 3. The number of carbonyl (C=O) groups excluding carboxylic acids is 3. The van der Waals surface area contributed by atoms with Crippen molar-refractivity contribution in [3.05, 3.63) is 47.0 Å². The highest BCUT2D eigenvalue weighted by Gasteiger charge is 2.52. The monoisotopic (exact) mass is 525 g/mol. The van der Waals surface area contributed by atoms with E-state index < -0.39 is 0 Å². The molecule has 0 bridgehead atoms. The third-order valence-electron chi connectivity index (χ3n) is 7.39. The lowest BCUT2D eigenvalue weighted by Crippen LogP contribution is -2.62. The fourth-order valence-electron chi connectivity index (χ4n) is 5.82. The van der Waals surface area contributed by atoms with E-state index in [2.05, 4.69) is 22.5 Å². The number of urea groups is 1. The van der Waals surface area contributed by atoms with Gasteiger partial charge in [0.1, 0.15) is 5.75 Å². The summed E-state index contributed by atoms with van der Waals surface area (Å²) in [6.07, 6.45) is 3.81. The summed E-state index contributed by atoms with van der Waals surface area (Å²) < 4.78 is 5.83. The van der Waals surface area contributed by atoms with Gasteiger partial charge < -0.3 is 25.6 Å². The molecule has 3 unspecified atom stereocenters. The maximum Gasteiger partial charge on any atom is 0.326 e. The van der Waals surface area contributed by atoms with Crippen molar-refractivity contribution < 1.29 is 19.1 Å². The molecule has 4 aliphatic heterocycles. The van der Waals surface area contributed by atoms with Gasteiger partial charge in [0.15, 0.2) is 0 Å². The lowest BCUT2D eigenvalue weighted by molar-refractivity contribution is -0.128. The molecule has 4 heterocycles. The Kier molecular flexibility index (Phi) is 7.22. The Hall–Kier alpha value is -2.98. The van der Waals surface area contributed by atoms with Crippen molar-refractivity contribution in [2.45, 2.75) is 63.6 Å². The number of nitrogens with zero attached hydrogens (tertiary/aromatic N) is 2. The molecular formula is C27H35N5O4S. The molecule has 10 heteroatoms. The third-order valence-corrected chi connectivity index (χ3v) is 8.74. The number of amides is 4. The van der Waals surface area contributed by atoms with Gasteiger partial charge in [-0.25, -0.2) is 4.79 Å². The Morgan fingerprint density at radius 1 is 1.30 bits per heavy atom. The van der Waals surface area contributed by atoms with Crippen LogP contribution in [0.1, 0.15) is 38.7 Å². The Bertz CT molecular complexity index is 1150. The van der Waals surface area contributed by atoms with Crippen LogP contribution in [0.2, 0.25) is 0 Å². The highest BCUT2D eigenvalue weighted by atomic mass is 32.2. The first-order chi connectivity index (χ1) is 17.8. The van der Waals surface area contributed by atoms with Crippen LogP contribution in [0.3, 0.4) is 0 Å². The van der Waals surface area contributed by atoms with Gasteiger partial charge >= 0.3 is 6.03 Å². The minimum atomic E-state index is -0.217. The number of piperidine rings is 2. The van der Waals surface area contributed by atoms with Gasteiger partial charge in [-0.15, -0.1) is 0 Å². The van der Waals surface area contributed by atoms with E-state index in [0.717, 1.165) is 42.8 Å². The zero-order chi connectivity index (χ0) is 26.3. The number of aryl methyl sites for hydroxylation is 1. The van der Waals surface area contributed by atoms with Gasteiger partial charge in [-0.2, -0.15) is 0 Å². The average molecular weight is 526 g/mol. The SMILES string of the molecule is C=CC(=O)N1CCC[C@@H](NC(=O)C2=C3NC(=O)N(c4ccc(OC(C)C)cc4C)C4CCNC(S2)C34)C1. The second-order valence-electron chi connectivity index (χ2n) is 10.3. The summed E-state index contributed by atoms with van der Waals surface area (Å²) in [7, 11) is 0. The van der Waals surface area contributed by atoms with Crippen LogP contribution < -0.4 is 25.6 Å². The number of likely N-dealkylation sites (tertiary alicyclic amines) is 1. The number of hydrogen-bond acceptors (Lipinski definition) is 6. The molecule has 5 rings (SSSR count). The molecule has 1 aromatic carbocycles.